The van der Waals surface area contributed by atoms with Crippen molar-refractivity contribution in [3.8, 4) is 0 Å². The van der Waals surface area contributed by atoms with Gasteiger partial charge in [0.25, 0.3) is 0 Å². The van der Waals surface area contributed by atoms with Gasteiger partial charge in [-0.15, -0.1) is 0 Å². The van der Waals surface area contributed by atoms with Crippen molar-refractivity contribution in [2.75, 3.05) is 39.3 Å². The summed E-state index contributed by atoms with van der Waals surface area (Å²) in [5.74, 6) is 1.77. The van der Waals surface area contributed by atoms with Gasteiger partial charge in [0.2, 0.25) is 0 Å². The van der Waals surface area contributed by atoms with Crippen molar-refractivity contribution in [3.05, 3.63) is 0 Å². The van der Waals surface area contributed by atoms with E-state index in [0.29, 0.717) is 5.41 Å². The summed E-state index contributed by atoms with van der Waals surface area (Å²) in [6.45, 7) is 17.6. The van der Waals surface area contributed by atoms with Crippen molar-refractivity contribution in [1.82, 2.24) is 9.80 Å². The van der Waals surface area contributed by atoms with Gasteiger partial charge in [0.15, 0.2) is 0 Å². The van der Waals surface area contributed by atoms with Gasteiger partial charge in [-0.1, -0.05) is 27.7 Å². The quantitative estimate of drug-likeness (QED) is 0.769. The average Bonchev–Trinajstić information content (AvgIpc) is 2.35. The van der Waals surface area contributed by atoms with Crippen LogP contribution in [0.5, 0.6) is 0 Å². The molecule has 0 atom stereocenters. The minimum Gasteiger partial charge on any atom is -0.303 e. The molecule has 112 valence electrons. The van der Waals surface area contributed by atoms with Gasteiger partial charge in [-0.25, -0.2) is 0 Å². The summed E-state index contributed by atoms with van der Waals surface area (Å²) in [4.78, 5) is 5.41. The normalized spacial score (nSPS) is 27.0. The van der Waals surface area contributed by atoms with Gasteiger partial charge in [0.05, 0.1) is 0 Å². The van der Waals surface area contributed by atoms with Gasteiger partial charge in [-0.2, -0.15) is 0 Å². The van der Waals surface area contributed by atoms with Crippen LogP contribution in [0.3, 0.4) is 0 Å². The fourth-order valence-corrected chi connectivity index (χ4v) is 3.71. The minimum atomic E-state index is 0.577. The lowest BCUT2D eigenvalue weighted by Crippen LogP contribution is -2.47. The summed E-state index contributed by atoms with van der Waals surface area (Å²) >= 11 is 0. The Morgan fingerprint density at radius 2 is 1.58 bits per heavy atom. The Balaban J connectivity index is 1.75. The molecule has 0 radical (unpaired) electrons. The van der Waals surface area contributed by atoms with Crippen LogP contribution in [0.2, 0.25) is 0 Å². The Morgan fingerprint density at radius 3 is 2.11 bits per heavy atom. The smallest absolute Gasteiger partial charge is 0.00363 e. The van der Waals surface area contributed by atoms with Gasteiger partial charge in [-0.05, 0) is 69.1 Å². The lowest BCUT2D eigenvalue weighted by molar-refractivity contribution is 0.0570. The van der Waals surface area contributed by atoms with Gasteiger partial charge in [0.1, 0.15) is 0 Å². The highest BCUT2D eigenvalue weighted by Gasteiger charge is 2.32. The molecule has 2 aliphatic rings. The van der Waals surface area contributed by atoms with Crippen LogP contribution in [0.25, 0.3) is 0 Å². The topological polar surface area (TPSA) is 6.48 Å². The van der Waals surface area contributed by atoms with Crippen LogP contribution in [-0.2, 0) is 0 Å². The Morgan fingerprint density at radius 1 is 1.00 bits per heavy atom. The molecule has 0 aromatic rings. The molecule has 0 aliphatic carbocycles. The van der Waals surface area contributed by atoms with Gasteiger partial charge in [0, 0.05) is 13.1 Å². The van der Waals surface area contributed by atoms with Crippen LogP contribution < -0.4 is 0 Å². The predicted octanol–water partition coefficient (Wildman–Crippen LogP) is 3.48. The molecule has 0 saturated carbocycles. The van der Waals surface area contributed by atoms with E-state index in [4.69, 9.17) is 0 Å². The van der Waals surface area contributed by atoms with E-state index in [1.165, 1.54) is 65.0 Å². The molecule has 2 fully saturated rings. The Labute approximate surface area is 120 Å². The number of hydrogen-bond donors (Lipinski definition) is 0. The van der Waals surface area contributed by atoms with E-state index in [1.54, 1.807) is 0 Å². The molecule has 2 nitrogen and oxygen atoms in total. The molecule has 0 N–H and O–H groups in total. The molecule has 2 aliphatic heterocycles. The van der Waals surface area contributed by atoms with Crippen LogP contribution in [-0.4, -0.2) is 49.1 Å². The predicted molar refractivity (Wildman–Crippen MR) is 83.5 cm³/mol. The molecule has 2 heteroatoms. The van der Waals surface area contributed by atoms with Crippen molar-refractivity contribution >= 4 is 0 Å². The lowest BCUT2D eigenvalue weighted by Gasteiger charge is -2.44. The van der Waals surface area contributed by atoms with E-state index in [-0.39, 0.29) is 0 Å². The maximum absolute atomic E-state index is 2.73. The minimum absolute atomic E-state index is 0.577. The molecule has 0 aromatic carbocycles. The van der Waals surface area contributed by atoms with Crippen molar-refractivity contribution in [3.63, 3.8) is 0 Å². The maximum Gasteiger partial charge on any atom is 0.00363 e. The summed E-state index contributed by atoms with van der Waals surface area (Å²) in [7, 11) is 0. The second kappa shape index (κ2) is 6.58. The molecular weight excluding hydrogens is 232 g/mol. The fraction of sp³-hybridized carbons (Fsp3) is 1.00. The van der Waals surface area contributed by atoms with Gasteiger partial charge in [-0.3, -0.25) is 0 Å². The average molecular weight is 266 g/mol. The molecule has 0 spiro atoms. The highest BCUT2D eigenvalue weighted by Crippen LogP contribution is 2.33. The van der Waals surface area contributed by atoms with Crippen LogP contribution in [0.4, 0.5) is 0 Å². The Kier molecular flexibility index (Phi) is 5.30. The Hall–Kier alpha value is -0.0800. The van der Waals surface area contributed by atoms with Crippen molar-refractivity contribution in [1.29, 1.82) is 0 Å². The maximum atomic E-state index is 2.73. The molecule has 0 amide bonds. The number of piperidine rings is 2. The highest BCUT2D eigenvalue weighted by molar-refractivity contribution is 4.86. The van der Waals surface area contributed by atoms with Crippen LogP contribution in [0, 0.1) is 17.3 Å². The monoisotopic (exact) mass is 266 g/mol. The second-order valence-corrected chi connectivity index (χ2v) is 7.96. The Bertz CT molecular complexity index is 258. The van der Waals surface area contributed by atoms with Crippen molar-refractivity contribution in [2.45, 2.75) is 53.4 Å². The molecule has 19 heavy (non-hydrogen) atoms. The van der Waals surface area contributed by atoms with Crippen molar-refractivity contribution in [2.24, 2.45) is 17.3 Å². The summed E-state index contributed by atoms with van der Waals surface area (Å²) in [6.07, 6.45) is 5.61. The summed E-state index contributed by atoms with van der Waals surface area (Å²) in [6, 6.07) is 0. The highest BCUT2D eigenvalue weighted by atomic mass is 15.2. The summed E-state index contributed by atoms with van der Waals surface area (Å²) < 4.78 is 0. The number of rotatable bonds is 4. The molecule has 0 unspecified atom stereocenters. The first kappa shape index (κ1) is 15.3. The lowest BCUT2D eigenvalue weighted by atomic mass is 9.79. The summed E-state index contributed by atoms with van der Waals surface area (Å²) in [5.41, 5.74) is 0.577. The first-order valence-corrected chi connectivity index (χ1v) is 8.41. The second-order valence-electron chi connectivity index (χ2n) is 7.96. The van der Waals surface area contributed by atoms with E-state index in [9.17, 15) is 0 Å². The van der Waals surface area contributed by atoms with Gasteiger partial charge < -0.3 is 9.80 Å². The van der Waals surface area contributed by atoms with E-state index in [2.05, 4.69) is 37.5 Å². The van der Waals surface area contributed by atoms with E-state index in [0.717, 1.165) is 11.8 Å². The largest absolute Gasteiger partial charge is 0.303 e. The van der Waals surface area contributed by atoms with E-state index in [1.807, 2.05) is 0 Å². The first-order chi connectivity index (χ1) is 8.97. The zero-order valence-corrected chi connectivity index (χ0v) is 13.6. The third-order valence-corrected chi connectivity index (χ3v) is 5.17. The third kappa shape index (κ3) is 4.75. The third-order valence-electron chi connectivity index (χ3n) is 5.17. The SMILES string of the molecule is CC(C)CN1CCC(C)(CN2CCC(C)CC2)CC1. The van der Waals surface area contributed by atoms with Crippen LogP contribution in [0.1, 0.15) is 53.4 Å². The van der Waals surface area contributed by atoms with Crippen LogP contribution >= 0.6 is 0 Å². The zero-order chi connectivity index (χ0) is 13.9. The van der Waals surface area contributed by atoms with E-state index < -0.39 is 0 Å². The van der Waals surface area contributed by atoms with Crippen LogP contribution in [0.15, 0.2) is 0 Å². The summed E-state index contributed by atoms with van der Waals surface area (Å²) in [5, 5.41) is 0. The number of likely N-dealkylation sites (tertiary alicyclic amines) is 2. The van der Waals surface area contributed by atoms with Crippen molar-refractivity contribution < 1.29 is 0 Å². The molecule has 2 saturated heterocycles. The number of nitrogens with zero attached hydrogens (tertiary/aromatic N) is 2. The molecule has 0 aromatic heterocycles. The van der Waals surface area contributed by atoms with Gasteiger partial charge >= 0.3 is 0 Å². The fourth-order valence-electron chi connectivity index (χ4n) is 3.71. The first-order valence-electron chi connectivity index (χ1n) is 8.41. The zero-order valence-electron chi connectivity index (χ0n) is 13.6. The number of hydrogen-bond acceptors (Lipinski definition) is 2. The molecule has 2 rings (SSSR count). The molecule has 0 bridgehead atoms. The standard InChI is InChI=1S/C17H34N2/c1-15(2)13-18-11-7-17(4,8-12-18)14-19-9-5-16(3)6-10-19/h15-16H,5-14H2,1-4H3. The molecular formula is C17H34N2. The molecule has 2 heterocycles. The van der Waals surface area contributed by atoms with E-state index >= 15 is 0 Å².